The van der Waals surface area contributed by atoms with Gasteiger partial charge in [0, 0.05) is 16.1 Å². The van der Waals surface area contributed by atoms with Crippen LogP contribution in [0.1, 0.15) is 11.1 Å². The van der Waals surface area contributed by atoms with Crippen molar-refractivity contribution in [3.8, 4) is 0 Å². The number of hydrogen-bond acceptors (Lipinski definition) is 4. The first-order valence-corrected chi connectivity index (χ1v) is 11.7. The van der Waals surface area contributed by atoms with Gasteiger partial charge in [0.15, 0.2) is 9.84 Å². The van der Waals surface area contributed by atoms with Crippen LogP contribution in [-0.4, -0.2) is 14.4 Å². The van der Waals surface area contributed by atoms with Crippen molar-refractivity contribution >= 4 is 61.1 Å². The van der Waals surface area contributed by atoms with E-state index in [1.165, 1.54) is 11.4 Å². The molecule has 0 aliphatic rings. The van der Waals surface area contributed by atoms with Crippen LogP contribution in [0.5, 0.6) is 0 Å². The molecule has 12 heteroatoms. The highest BCUT2D eigenvalue weighted by atomic mass is 35.5. The Labute approximate surface area is 189 Å². The highest BCUT2D eigenvalue weighted by Crippen LogP contribution is 2.37. The maximum absolute atomic E-state index is 12.8. The molecular weight excluding hydrogens is 496 g/mol. The molecule has 0 aliphatic heterocycles. The van der Waals surface area contributed by atoms with Crippen molar-refractivity contribution < 1.29 is 26.4 Å². The Morgan fingerprint density at radius 2 is 1.71 bits per heavy atom. The molecule has 0 radical (unpaired) electrons. The fraction of sp³-hybridized carbons (Fsp3) is 0.105. The molecule has 1 heterocycles. The lowest BCUT2D eigenvalue weighted by atomic mass is 10.2. The highest BCUT2D eigenvalue weighted by Gasteiger charge is 2.30. The molecule has 0 saturated heterocycles. The number of urea groups is 1. The average molecular weight is 509 g/mol. The molecule has 0 aliphatic carbocycles. The van der Waals surface area contributed by atoms with Crippen molar-refractivity contribution in [2.45, 2.75) is 16.8 Å². The quantitative estimate of drug-likeness (QED) is 0.403. The Bertz CT molecular complexity index is 1210. The number of nitrogens with one attached hydrogen (secondary N) is 2. The summed E-state index contributed by atoms with van der Waals surface area (Å²) < 4.78 is 63.7. The summed E-state index contributed by atoms with van der Waals surface area (Å²) in [6.07, 6.45) is -4.56. The van der Waals surface area contributed by atoms with Gasteiger partial charge < -0.3 is 5.32 Å². The smallest absolute Gasteiger partial charge is 0.308 e. The third-order valence-corrected chi connectivity index (χ3v) is 7.60. The van der Waals surface area contributed by atoms with E-state index in [-0.39, 0.29) is 26.4 Å². The summed E-state index contributed by atoms with van der Waals surface area (Å²) in [5, 5.41) is 6.22. The van der Waals surface area contributed by atoms with Crippen LogP contribution in [0.25, 0.3) is 0 Å². The second-order valence-corrected chi connectivity index (χ2v) is 9.94. The van der Waals surface area contributed by atoms with E-state index >= 15 is 0 Å². The molecule has 2 amide bonds. The zero-order valence-electron chi connectivity index (χ0n) is 15.3. The van der Waals surface area contributed by atoms with Crippen molar-refractivity contribution in [1.29, 1.82) is 0 Å². The van der Waals surface area contributed by atoms with Crippen LogP contribution in [0.3, 0.4) is 0 Å². The van der Waals surface area contributed by atoms with Gasteiger partial charge in [-0.2, -0.15) is 13.2 Å². The number of thiophene rings is 1. The van der Waals surface area contributed by atoms with Crippen LogP contribution in [0.2, 0.25) is 10.0 Å². The van der Waals surface area contributed by atoms with Gasteiger partial charge in [0.1, 0.15) is 5.00 Å². The average Bonchev–Trinajstić information content (AvgIpc) is 3.04. The second-order valence-electron chi connectivity index (χ2n) is 6.29. The second kappa shape index (κ2) is 9.07. The van der Waals surface area contributed by atoms with Gasteiger partial charge in [0.2, 0.25) is 0 Å². The van der Waals surface area contributed by atoms with Gasteiger partial charge >= 0.3 is 12.2 Å². The minimum atomic E-state index is -4.56. The van der Waals surface area contributed by atoms with Gasteiger partial charge in [-0.15, -0.1) is 11.3 Å². The maximum Gasteiger partial charge on any atom is 0.416 e. The minimum absolute atomic E-state index is 0.0424. The Hall–Kier alpha value is -2.27. The maximum atomic E-state index is 12.8. The van der Waals surface area contributed by atoms with Gasteiger partial charge in [-0.25, -0.2) is 13.2 Å². The number of amides is 2. The predicted octanol–water partition coefficient (Wildman–Crippen LogP) is 6.69. The Kier molecular flexibility index (Phi) is 6.85. The third-order valence-electron chi connectivity index (χ3n) is 3.98. The van der Waals surface area contributed by atoms with Crippen molar-refractivity contribution in [3.63, 3.8) is 0 Å². The molecule has 5 nitrogen and oxygen atoms in total. The number of halogens is 5. The van der Waals surface area contributed by atoms with E-state index in [4.69, 9.17) is 23.2 Å². The normalized spacial score (nSPS) is 11.9. The van der Waals surface area contributed by atoms with E-state index in [9.17, 15) is 26.4 Å². The summed E-state index contributed by atoms with van der Waals surface area (Å²) in [6.45, 7) is 0. The SMILES string of the molecule is O=C(Nc1cccc(C(F)(F)F)c1)Nc1scc(S(=O)(=O)Cc2ccc(Cl)cc2)c1Cl. The molecule has 0 bridgehead atoms. The van der Waals surface area contributed by atoms with Gasteiger partial charge in [-0.3, -0.25) is 5.32 Å². The van der Waals surface area contributed by atoms with E-state index in [0.717, 1.165) is 29.5 Å². The summed E-state index contributed by atoms with van der Waals surface area (Å²) in [5.74, 6) is -0.323. The number of carbonyl (C=O) groups is 1. The molecule has 0 atom stereocenters. The zero-order valence-corrected chi connectivity index (χ0v) is 18.5. The molecule has 3 rings (SSSR count). The van der Waals surface area contributed by atoms with E-state index in [1.807, 2.05) is 0 Å². The molecule has 0 saturated carbocycles. The number of anilines is 2. The van der Waals surface area contributed by atoms with E-state index < -0.39 is 27.6 Å². The fourth-order valence-corrected chi connectivity index (χ4v) is 5.98. The fourth-order valence-electron chi connectivity index (χ4n) is 2.54. The summed E-state index contributed by atoms with van der Waals surface area (Å²) in [6, 6.07) is 9.48. The van der Waals surface area contributed by atoms with Crippen molar-refractivity contribution in [2.24, 2.45) is 0 Å². The molecule has 0 unspecified atom stereocenters. The molecule has 2 N–H and O–H groups in total. The zero-order chi connectivity index (χ0) is 22.8. The summed E-state index contributed by atoms with van der Waals surface area (Å²) >= 11 is 12.8. The Morgan fingerprint density at radius 3 is 2.35 bits per heavy atom. The van der Waals surface area contributed by atoms with Crippen LogP contribution in [-0.2, 0) is 21.8 Å². The number of hydrogen-bond donors (Lipinski definition) is 2. The van der Waals surface area contributed by atoms with Crippen LogP contribution in [0, 0.1) is 0 Å². The first-order chi connectivity index (χ1) is 14.5. The van der Waals surface area contributed by atoms with Crippen molar-refractivity contribution in [2.75, 3.05) is 10.6 Å². The molecule has 0 spiro atoms. The highest BCUT2D eigenvalue weighted by molar-refractivity contribution is 7.91. The van der Waals surface area contributed by atoms with Gasteiger partial charge in [0.25, 0.3) is 0 Å². The van der Waals surface area contributed by atoms with Gasteiger partial charge in [-0.05, 0) is 35.9 Å². The monoisotopic (exact) mass is 508 g/mol. The van der Waals surface area contributed by atoms with Crippen molar-refractivity contribution in [1.82, 2.24) is 0 Å². The predicted molar refractivity (Wildman–Crippen MR) is 116 cm³/mol. The van der Waals surface area contributed by atoms with Crippen molar-refractivity contribution in [3.05, 3.63) is 75.1 Å². The topological polar surface area (TPSA) is 75.3 Å². The van der Waals surface area contributed by atoms with E-state index in [1.54, 1.807) is 24.3 Å². The number of alkyl halides is 3. The molecule has 3 aromatic rings. The Balaban J connectivity index is 1.72. The summed E-state index contributed by atoms with van der Waals surface area (Å²) in [5.41, 5.74) is -0.505. The molecule has 2 aromatic carbocycles. The molecule has 0 fully saturated rings. The van der Waals surface area contributed by atoms with Crippen LogP contribution in [0.15, 0.2) is 58.8 Å². The van der Waals surface area contributed by atoms with Gasteiger partial charge in [0.05, 0.1) is 21.2 Å². The summed E-state index contributed by atoms with van der Waals surface area (Å²) in [7, 11) is -3.81. The number of benzene rings is 2. The number of rotatable bonds is 5. The molecule has 1 aromatic heterocycles. The Morgan fingerprint density at radius 1 is 1.03 bits per heavy atom. The third kappa shape index (κ3) is 5.91. The lowest BCUT2D eigenvalue weighted by molar-refractivity contribution is -0.137. The van der Waals surface area contributed by atoms with E-state index in [0.29, 0.717) is 10.6 Å². The van der Waals surface area contributed by atoms with Crippen LogP contribution < -0.4 is 10.6 Å². The first-order valence-electron chi connectivity index (χ1n) is 8.45. The number of sulfone groups is 1. The van der Waals surface area contributed by atoms with Crippen LogP contribution >= 0.6 is 34.5 Å². The van der Waals surface area contributed by atoms with Crippen LogP contribution in [0.4, 0.5) is 28.7 Å². The lowest BCUT2D eigenvalue weighted by Crippen LogP contribution is -2.19. The number of carbonyl (C=O) groups excluding carboxylic acids is 1. The van der Waals surface area contributed by atoms with Gasteiger partial charge in [-0.1, -0.05) is 41.4 Å². The first kappa shape index (κ1) is 23.4. The molecule has 31 heavy (non-hydrogen) atoms. The molecular formula is C19H13Cl2F3N2O3S2. The molecule has 164 valence electrons. The largest absolute Gasteiger partial charge is 0.416 e. The standard InChI is InChI=1S/C19H13Cl2F3N2O3S2/c20-13-6-4-11(5-7-13)10-31(28,29)15-9-30-17(16(15)21)26-18(27)25-14-3-1-2-12(8-14)19(22,23)24/h1-9H,10H2,(H2,25,26,27). The summed E-state index contributed by atoms with van der Waals surface area (Å²) in [4.78, 5) is 12.0. The van der Waals surface area contributed by atoms with E-state index in [2.05, 4.69) is 10.6 Å². The minimum Gasteiger partial charge on any atom is -0.308 e. The lowest BCUT2D eigenvalue weighted by Gasteiger charge is -2.10.